The molecule has 0 bridgehead atoms. The van der Waals surface area contributed by atoms with Crippen molar-refractivity contribution in [1.29, 1.82) is 0 Å². The first-order valence-corrected chi connectivity index (χ1v) is 11.6. The van der Waals surface area contributed by atoms with Gasteiger partial charge in [0.2, 0.25) is 11.8 Å². The van der Waals surface area contributed by atoms with Gasteiger partial charge in [0.15, 0.2) is 0 Å². The number of carbonyl (C=O) groups is 2. The van der Waals surface area contributed by atoms with Gasteiger partial charge in [-0.05, 0) is 49.9 Å². The van der Waals surface area contributed by atoms with Gasteiger partial charge in [0.25, 0.3) is 0 Å². The summed E-state index contributed by atoms with van der Waals surface area (Å²) >= 11 is 0. The van der Waals surface area contributed by atoms with Gasteiger partial charge in [-0.1, -0.05) is 54.6 Å². The first kappa shape index (κ1) is 22.8. The minimum absolute atomic E-state index is 0.00605. The van der Waals surface area contributed by atoms with E-state index in [0.29, 0.717) is 25.9 Å². The van der Waals surface area contributed by atoms with Crippen molar-refractivity contribution in [3.8, 4) is 11.1 Å². The molecule has 4 rings (SSSR count). The fourth-order valence-electron chi connectivity index (χ4n) is 4.53. The normalized spacial score (nSPS) is 17.0. The first-order chi connectivity index (χ1) is 15.8. The number of amides is 2. The maximum Gasteiger partial charge on any atom is 0.243 e. The lowest BCUT2D eigenvalue weighted by Crippen LogP contribution is -2.58. The molecule has 0 spiro atoms. The summed E-state index contributed by atoms with van der Waals surface area (Å²) in [6.45, 7) is 9.10. The molecule has 1 aliphatic rings. The van der Waals surface area contributed by atoms with Gasteiger partial charge in [-0.15, -0.1) is 0 Å². The van der Waals surface area contributed by atoms with E-state index in [-0.39, 0.29) is 17.9 Å². The Kier molecular flexibility index (Phi) is 6.63. The van der Waals surface area contributed by atoms with Crippen LogP contribution in [0.25, 0.3) is 11.1 Å². The molecule has 3 aromatic rings. The number of piperazine rings is 1. The van der Waals surface area contributed by atoms with Crippen LogP contribution in [0.15, 0.2) is 54.6 Å². The summed E-state index contributed by atoms with van der Waals surface area (Å²) in [4.78, 5) is 27.8. The van der Waals surface area contributed by atoms with Crippen molar-refractivity contribution < 1.29 is 9.59 Å². The lowest BCUT2D eigenvalue weighted by atomic mass is 9.98. The van der Waals surface area contributed by atoms with E-state index in [1.807, 2.05) is 55.8 Å². The highest BCUT2D eigenvalue weighted by Gasteiger charge is 2.34. The molecule has 0 radical (unpaired) electrons. The molecule has 0 saturated carbocycles. The summed E-state index contributed by atoms with van der Waals surface area (Å²) in [5, 5.41) is 7.54. The van der Waals surface area contributed by atoms with Crippen LogP contribution in [-0.4, -0.2) is 45.6 Å². The maximum absolute atomic E-state index is 13.3. The zero-order valence-electron chi connectivity index (χ0n) is 19.8. The molecular formula is C27H32N4O2. The number of carbonyl (C=O) groups excluding carboxylic acids is 2. The highest BCUT2D eigenvalue weighted by molar-refractivity contribution is 5.89. The first-order valence-electron chi connectivity index (χ1n) is 11.6. The average molecular weight is 445 g/mol. The molecule has 2 aromatic carbocycles. The van der Waals surface area contributed by atoms with Crippen molar-refractivity contribution in [1.82, 2.24) is 20.0 Å². The number of aryl methyl sites for hydroxylation is 1. The second-order valence-electron chi connectivity index (χ2n) is 8.95. The minimum Gasteiger partial charge on any atom is -0.353 e. The van der Waals surface area contributed by atoms with Crippen LogP contribution in [0, 0.1) is 20.8 Å². The van der Waals surface area contributed by atoms with Crippen LogP contribution < -0.4 is 5.32 Å². The predicted octanol–water partition coefficient (Wildman–Crippen LogP) is 4.00. The highest BCUT2D eigenvalue weighted by atomic mass is 16.2. The van der Waals surface area contributed by atoms with E-state index in [2.05, 4.69) is 41.6 Å². The fourth-order valence-corrected chi connectivity index (χ4v) is 4.53. The quantitative estimate of drug-likeness (QED) is 0.625. The summed E-state index contributed by atoms with van der Waals surface area (Å²) in [5.74, 6) is -0.0928. The number of hydrogen-bond acceptors (Lipinski definition) is 3. The van der Waals surface area contributed by atoms with Crippen LogP contribution in [0.1, 0.15) is 41.9 Å². The summed E-state index contributed by atoms with van der Waals surface area (Å²) in [6.07, 6.45) is 0.818. The van der Waals surface area contributed by atoms with E-state index in [9.17, 15) is 9.59 Å². The van der Waals surface area contributed by atoms with Crippen molar-refractivity contribution in [2.24, 2.45) is 0 Å². The van der Waals surface area contributed by atoms with E-state index in [0.717, 1.165) is 33.6 Å². The van der Waals surface area contributed by atoms with Crippen LogP contribution in [0.2, 0.25) is 0 Å². The van der Waals surface area contributed by atoms with Gasteiger partial charge < -0.3 is 10.2 Å². The molecule has 6 heteroatoms. The molecule has 1 saturated heterocycles. The molecule has 1 aromatic heterocycles. The average Bonchev–Trinajstić information content (AvgIpc) is 3.08. The Labute approximate surface area is 195 Å². The van der Waals surface area contributed by atoms with Crippen molar-refractivity contribution in [2.45, 2.75) is 52.6 Å². The van der Waals surface area contributed by atoms with Crippen LogP contribution in [0.5, 0.6) is 0 Å². The maximum atomic E-state index is 13.3. The minimum atomic E-state index is -0.497. The zero-order chi connectivity index (χ0) is 23.5. The third-order valence-electron chi connectivity index (χ3n) is 6.72. The second-order valence-corrected chi connectivity index (χ2v) is 8.95. The molecule has 2 amide bonds. The Hall–Kier alpha value is -3.41. The molecule has 6 nitrogen and oxygen atoms in total. The van der Waals surface area contributed by atoms with Crippen molar-refractivity contribution in [2.75, 3.05) is 13.1 Å². The van der Waals surface area contributed by atoms with Gasteiger partial charge in [-0.25, -0.2) is 0 Å². The molecule has 2 unspecified atom stereocenters. The van der Waals surface area contributed by atoms with E-state index in [4.69, 9.17) is 0 Å². The van der Waals surface area contributed by atoms with Gasteiger partial charge in [-0.2, -0.15) is 5.10 Å². The van der Waals surface area contributed by atoms with Crippen molar-refractivity contribution in [3.05, 3.63) is 77.1 Å². The van der Waals surface area contributed by atoms with Gasteiger partial charge >= 0.3 is 0 Å². The van der Waals surface area contributed by atoms with Crippen LogP contribution >= 0.6 is 0 Å². The fraction of sp³-hybridized carbons (Fsp3) is 0.370. The number of benzene rings is 2. The summed E-state index contributed by atoms with van der Waals surface area (Å²) in [6, 6.07) is 17.9. The second kappa shape index (κ2) is 9.61. The molecule has 172 valence electrons. The van der Waals surface area contributed by atoms with Crippen LogP contribution in [0.3, 0.4) is 0 Å². The Morgan fingerprint density at radius 1 is 1.06 bits per heavy atom. The number of aromatic nitrogens is 2. The number of hydrogen-bond donors (Lipinski definition) is 1. The largest absolute Gasteiger partial charge is 0.353 e. The van der Waals surface area contributed by atoms with Gasteiger partial charge in [-0.3, -0.25) is 14.3 Å². The Morgan fingerprint density at radius 3 is 2.36 bits per heavy atom. The Balaban J connectivity index is 1.47. The Morgan fingerprint density at radius 2 is 1.73 bits per heavy atom. The molecular weight excluding hydrogens is 412 g/mol. The molecule has 0 aliphatic carbocycles. The molecule has 1 N–H and O–H groups in total. The molecule has 2 atom stereocenters. The smallest absolute Gasteiger partial charge is 0.243 e. The van der Waals surface area contributed by atoms with E-state index in [1.54, 1.807) is 4.90 Å². The third-order valence-corrected chi connectivity index (χ3v) is 6.72. The van der Waals surface area contributed by atoms with E-state index in [1.165, 1.54) is 0 Å². The SMILES string of the molecule is Cc1nn(C(C)CC(=O)N2CCNC(=O)C2Cc2ccc(-c3ccccc3)cc2)c(C)c1C. The number of nitrogens with one attached hydrogen (secondary N) is 1. The van der Waals surface area contributed by atoms with Crippen molar-refractivity contribution >= 4 is 11.8 Å². The highest BCUT2D eigenvalue weighted by Crippen LogP contribution is 2.23. The standard InChI is InChI=1S/C27H32N4O2/c1-18(31-21(4)19(2)20(3)29-31)16-26(32)30-15-14-28-27(33)25(30)17-22-10-12-24(13-11-22)23-8-6-5-7-9-23/h5-13,18,25H,14-17H2,1-4H3,(H,28,33). The molecule has 1 fully saturated rings. The lowest BCUT2D eigenvalue weighted by Gasteiger charge is -2.36. The molecule has 2 heterocycles. The number of nitrogens with zero attached hydrogens (tertiary/aromatic N) is 3. The zero-order valence-corrected chi connectivity index (χ0v) is 19.8. The monoisotopic (exact) mass is 444 g/mol. The predicted molar refractivity (Wildman–Crippen MR) is 130 cm³/mol. The van der Waals surface area contributed by atoms with E-state index >= 15 is 0 Å². The topological polar surface area (TPSA) is 67.2 Å². The molecule has 1 aliphatic heterocycles. The van der Waals surface area contributed by atoms with Gasteiger partial charge in [0.05, 0.1) is 11.7 Å². The van der Waals surface area contributed by atoms with Gasteiger partial charge in [0.1, 0.15) is 6.04 Å². The number of rotatable bonds is 6. The Bertz CT molecular complexity index is 1130. The summed E-state index contributed by atoms with van der Waals surface area (Å²) in [7, 11) is 0. The summed E-state index contributed by atoms with van der Waals surface area (Å²) < 4.78 is 1.93. The lowest BCUT2D eigenvalue weighted by molar-refractivity contribution is -0.143. The summed E-state index contributed by atoms with van der Waals surface area (Å²) in [5.41, 5.74) is 6.56. The van der Waals surface area contributed by atoms with Crippen molar-refractivity contribution in [3.63, 3.8) is 0 Å². The van der Waals surface area contributed by atoms with E-state index < -0.39 is 6.04 Å². The molecule has 33 heavy (non-hydrogen) atoms. The van der Waals surface area contributed by atoms with Crippen LogP contribution in [0.4, 0.5) is 0 Å². The van der Waals surface area contributed by atoms with Gasteiger partial charge in [0, 0.05) is 31.6 Å². The third kappa shape index (κ3) is 4.85. The van der Waals surface area contributed by atoms with Crippen LogP contribution in [-0.2, 0) is 16.0 Å².